The Morgan fingerprint density at radius 3 is 2.05 bits per heavy atom. The van der Waals surface area contributed by atoms with Crippen LogP contribution in [0.15, 0.2) is 78.9 Å². The lowest BCUT2D eigenvalue weighted by atomic mass is 9.97. The van der Waals surface area contributed by atoms with Crippen molar-refractivity contribution in [2.45, 2.75) is 0 Å². The van der Waals surface area contributed by atoms with Crippen molar-refractivity contribution in [2.24, 2.45) is 0 Å². The molecule has 0 fully saturated rings. The Morgan fingerprint density at radius 2 is 1.24 bits per heavy atom. The van der Waals surface area contributed by atoms with Gasteiger partial charge in [0.1, 0.15) is 5.75 Å². The molecule has 0 spiro atoms. The van der Waals surface area contributed by atoms with Gasteiger partial charge in [0.05, 0.1) is 0 Å². The number of phenolic OH excluding ortho intramolecular Hbond substituents is 1. The van der Waals surface area contributed by atoms with Gasteiger partial charge in [-0.1, -0.05) is 66.7 Å². The Morgan fingerprint density at radius 1 is 0.524 bits per heavy atom. The number of aromatic hydroxyl groups is 1. The first-order chi connectivity index (χ1) is 10.3. The van der Waals surface area contributed by atoms with E-state index < -0.39 is 0 Å². The van der Waals surface area contributed by atoms with E-state index >= 15 is 0 Å². The molecule has 0 saturated carbocycles. The van der Waals surface area contributed by atoms with Gasteiger partial charge in [-0.05, 0) is 39.4 Å². The molecule has 4 aromatic rings. The molecule has 0 bridgehead atoms. The van der Waals surface area contributed by atoms with Crippen LogP contribution in [0.1, 0.15) is 0 Å². The Balaban J connectivity index is 2.03. The molecule has 0 aliphatic heterocycles. The van der Waals surface area contributed by atoms with Crippen molar-refractivity contribution in [3.05, 3.63) is 78.9 Å². The first-order valence-corrected chi connectivity index (χ1v) is 7.03. The van der Waals surface area contributed by atoms with Gasteiger partial charge in [0, 0.05) is 5.39 Å². The molecule has 0 aliphatic rings. The van der Waals surface area contributed by atoms with Gasteiger partial charge in [0.15, 0.2) is 0 Å². The van der Waals surface area contributed by atoms with Crippen LogP contribution in [0, 0.1) is 0 Å². The molecule has 1 N–H and O–H groups in total. The molecule has 100 valence electrons. The summed E-state index contributed by atoms with van der Waals surface area (Å²) >= 11 is 0. The summed E-state index contributed by atoms with van der Waals surface area (Å²) in [5.74, 6) is 0.336. The van der Waals surface area contributed by atoms with Gasteiger partial charge in [-0.25, -0.2) is 0 Å². The van der Waals surface area contributed by atoms with Crippen molar-refractivity contribution < 1.29 is 5.11 Å². The fourth-order valence-electron chi connectivity index (χ4n) is 2.90. The van der Waals surface area contributed by atoms with E-state index in [-0.39, 0.29) is 0 Å². The molecule has 0 heterocycles. The highest BCUT2D eigenvalue weighted by molar-refractivity contribution is 6.10. The third-order valence-corrected chi connectivity index (χ3v) is 3.94. The first-order valence-electron chi connectivity index (χ1n) is 7.03. The normalized spacial score (nSPS) is 11.0. The number of phenols is 1. The second kappa shape index (κ2) is 4.64. The molecule has 1 nitrogen and oxygen atoms in total. The SMILES string of the molecule is Oc1cc2cc(-c3ccccc3)ccc2c2ccccc12. The van der Waals surface area contributed by atoms with Crippen LogP contribution < -0.4 is 0 Å². The van der Waals surface area contributed by atoms with Crippen LogP contribution in [0.3, 0.4) is 0 Å². The number of fused-ring (bicyclic) bond motifs is 3. The number of rotatable bonds is 1. The average molecular weight is 270 g/mol. The Hall–Kier alpha value is -2.80. The summed E-state index contributed by atoms with van der Waals surface area (Å²) in [5.41, 5.74) is 2.35. The first kappa shape index (κ1) is 12.0. The molecular formula is C20H14O. The summed E-state index contributed by atoms with van der Waals surface area (Å²) < 4.78 is 0. The van der Waals surface area contributed by atoms with E-state index in [1.54, 1.807) is 0 Å². The van der Waals surface area contributed by atoms with Crippen LogP contribution in [-0.4, -0.2) is 5.11 Å². The molecule has 0 radical (unpaired) electrons. The highest BCUT2D eigenvalue weighted by Crippen LogP contribution is 2.34. The number of benzene rings is 4. The quantitative estimate of drug-likeness (QED) is 0.461. The van der Waals surface area contributed by atoms with Crippen LogP contribution in [0.25, 0.3) is 32.7 Å². The average Bonchev–Trinajstić information content (AvgIpc) is 2.55. The van der Waals surface area contributed by atoms with Gasteiger partial charge >= 0.3 is 0 Å². The van der Waals surface area contributed by atoms with E-state index in [1.165, 1.54) is 10.9 Å². The molecule has 0 unspecified atom stereocenters. The van der Waals surface area contributed by atoms with E-state index in [0.29, 0.717) is 5.75 Å². The van der Waals surface area contributed by atoms with E-state index in [2.05, 4.69) is 36.4 Å². The molecule has 4 aromatic carbocycles. The van der Waals surface area contributed by atoms with E-state index in [4.69, 9.17) is 0 Å². The summed E-state index contributed by atoms with van der Waals surface area (Å²) in [6.45, 7) is 0. The minimum absolute atomic E-state index is 0.336. The second-order valence-electron chi connectivity index (χ2n) is 5.24. The largest absolute Gasteiger partial charge is 0.507 e. The van der Waals surface area contributed by atoms with Gasteiger partial charge < -0.3 is 5.11 Å². The molecular weight excluding hydrogens is 256 g/mol. The summed E-state index contributed by atoms with van der Waals surface area (Å²) in [6.07, 6.45) is 0. The van der Waals surface area contributed by atoms with Gasteiger partial charge in [-0.15, -0.1) is 0 Å². The van der Waals surface area contributed by atoms with Crippen molar-refractivity contribution in [1.29, 1.82) is 0 Å². The van der Waals surface area contributed by atoms with Crippen molar-refractivity contribution in [3.63, 3.8) is 0 Å². The smallest absolute Gasteiger partial charge is 0.124 e. The van der Waals surface area contributed by atoms with Gasteiger partial charge in [-0.2, -0.15) is 0 Å². The fraction of sp³-hybridized carbons (Fsp3) is 0. The summed E-state index contributed by atoms with van der Waals surface area (Å²) in [4.78, 5) is 0. The van der Waals surface area contributed by atoms with Crippen molar-refractivity contribution in [2.75, 3.05) is 0 Å². The molecule has 1 heteroatoms. The van der Waals surface area contributed by atoms with Crippen molar-refractivity contribution in [1.82, 2.24) is 0 Å². The van der Waals surface area contributed by atoms with Crippen LogP contribution in [-0.2, 0) is 0 Å². The molecule has 0 saturated heterocycles. The Labute approximate surface area is 123 Å². The molecule has 0 aromatic heterocycles. The van der Waals surface area contributed by atoms with Gasteiger partial charge in [0.25, 0.3) is 0 Å². The maximum absolute atomic E-state index is 10.2. The minimum Gasteiger partial charge on any atom is -0.507 e. The molecule has 0 aliphatic carbocycles. The molecule has 4 rings (SSSR count). The monoisotopic (exact) mass is 270 g/mol. The zero-order chi connectivity index (χ0) is 14.2. The highest BCUT2D eigenvalue weighted by atomic mass is 16.3. The fourth-order valence-corrected chi connectivity index (χ4v) is 2.90. The molecule has 21 heavy (non-hydrogen) atoms. The zero-order valence-corrected chi connectivity index (χ0v) is 11.5. The third-order valence-electron chi connectivity index (χ3n) is 3.94. The van der Waals surface area contributed by atoms with Crippen molar-refractivity contribution in [3.8, 4) is 16.9 Å². The van der Waals surface area contributed by atoms with Crippen LogP contribution in [0.4, 0.5) is 0 Å². The van der Waals surface area contributed by atoms with Gasteiger partial charge in [-0.3, -0.25) is 0 Å². The van der Waals surface area contributed by atoms with Crippen molar-refractivity contribution >= 4 is 21.5 Å². The van der Waals surface area contributed by atoms with Crippen LogP contribution in [0.5, 0.6) is 5.75 Å². The van der Waals surface area contributed by atoms with E-state index in [1.807, 2.05) is 42.5 Å². The molecule has 0 amide bonds. The lowest BCUT2D eigenvalue weighted by Crippen LogP contribution is -1.82. The van der Waals surface area contributed by atoms with Crippen LogP contribution >= 0.6 is 0 Å². The number of hydrogen-bond acceptors (Lipinski definition) is 1. The van der Waals surface area contributed by atoms with Crippen LogP contribution in [0.2, 0.25) is 0 Å². The topological polar surface area (TPSA) is 20.2 Å². The Kier molecular flexibility index (Phi) is 2.65. The zero-order valence-electron chi connectivity index (χ0n) is 11.5. The Bertz CT molecular complexity index is 940. The lowest BCUT2D eigenvalue weighted by Gasteiger charge is -2.08. The lowest BCUT2D eigenvalue weighted by molar-refractivity contribution is 0.482. The summed E-state index contributed by atoms with van der Waals surface area (Å²) in [5, 5.41) is 14.5. The highest BCUT2D eigenvalue weighted by Gasteiger charge is 2.06. The summed E-state index contributed by atoms with van der Waals surface area (Å²) in [6, 6.07) is 26.5. The predicted octanol–water partition coefficient (Wildman–Crippen LogP) is 5.37. The standard InChI is InChI=1S/C20H14O/c21-20-13-16-12-15(14-6-2-1-3-7-14)10-11-17(16)18-8-4-5-9-19(18)20/h1-13,21H. The minimum atomic E-state index is 0.336. The predicted molar refractivity (Wildman–Crippen MR) is 88.6 cm³/mol. The second-order valence-corrected chi connectivity index (χ2v) is 5.24. The van der Waals surface area contributed by atoms with Gasteiger partial charge in [0.2, 0.25) is 0 Å². The maximum atomic E-state index is 10.2. The summed E-state index contributed by atoms with van der Waals surface area (Å²) in [7, 11) is 0. The third kappa shape index (κ3) is 1.95. The van der Waals surface area contributed by atoms with E-state index in [9.17, 15) is 5.11 Å². The maximum Gasteiger partial charge on any atom is 0.124 e. The molecule has 0 atom stereocenters. The van der Waals surface area contributed by atoms with E-state index in [0.717, 1.165) is 21.7 Å². The number of hydrogen-bond donors (Lipinski definition) is 1.